The van der Waals surface area contributed by atoms with Crippen molar-refractivity contribution in [3.63, 3.8) is 0 Å². The molecule has 1 aromatic carbocycles. The van der Waals surface area contributed by atoms with Crippen LogP contribution in [0.4, 0.5) is 8.78 Å². The van der Waals surface area contributed by atoms with Gasteiger partial charge < -0.3 is 4.74 Å². The SMILES string of the molecule is Fc1ccc([C@@H]2CO2)c(F)c1Cl. The summed E-state index contributed by atoms with van der Waals surface area (Å²) in [7, 11) is 0. The van der Waals surface area contributed by atoms with Crippen molar-refractivity contribution >= 4 is 11.6 Å². The minimum Gasteiger partial charge on any atom is -0.368 e. The van der Waals surface area contributed by atoms with Gasteiger partial charge in [0.25, 0.3) is 0 Å². The van der Waals surface area contributed by atoms with E-state index in [1.807, 2.05) is 0 Å². The predicted molar refractivity (Wildman–Crippen MR) is 40.1 cm³/mol. The first-order valence-corrected chi connectivity index (χ1v) is 3.83. The minimum absolute atomic E-state index is 0.233. The van der Waals surface area contributed by atoms with Gasteiger partial charge in [0.05, 0.1) is 6.61 Å². The molecule has 0 radical (unpaired) electrons. The molecule has 1 heterocycles. The highest BCUT2D eigenvalue weighted by molar-refractivity contribution is 6.30. The lowest BCUT2D eigenvalue weighted by Gasteiger charge is -2.00. The van der Waals surface area contributed by atoms with Gasteiger partial charge in [0.15, 0.2) is 5.82 Å². The number of hydrogen-bond donors (Lipinski definition) is 0. The number of hydrogen-bond acceptors (Lipinski definition) is 1. The third kappa shape index (κ3) is 1.19. The average Bonchev–Trinajstić information content (AvgIpc) is 2.84. The molecule has 2 rings (SSSR count). The zero-order valence-corrected chi connectivity index (χ0v) is 6.74. The number of ether oxygens (including phenoxy) is 1. The summed E-state index contributed by atoms with van der Waals surface area (Å²) < 4.78 is 30.6. The van der Waals surface area contributed by atoms with Crippen LogP contribution in [-0.2, 0) is 4.74 Å². The molecule has 1 aliphatic heterocycles. The summed E-state index contributed by atoms with van der Waals surface area (Å²) in [6, 6.07) is 2.50. The lowest BCUT2D eigenvalue weighted by atomic mass is 10.1. The van der Waals surface area contributed by atoms with Crippen LogP contribution < -0.4 is 0 Å². The first-order chi connectivity index (χ1) is 5.70. The monoisotopic (exact) mass is 190 g/mol. The van der Waals surface area contributed by atoms with Crippen LogP contribution in [0.5, 0.6) is 0 Å². The lowest BCUT2D eigenvalue weighted by Crippen LogP contribution is -1.91. The van der Waals surface area contributed by atoms with Crippen LogP contribution in [0.1, 0.15) is 11.7 Å². The van der Waals surface area contributed by atoms with Crippen LogP contribution in [0.15, 0.2) is 12.1 Å². The molecule has 0 spiro atoms. The Balaban J connectivity index is 2.49. The molecule has 1 aromatic rings. The van der Waals surface area contributed by atoms with E-state index < -0.39 is 16.7 Å². The summed E-state index contributed by atoms with van der Waals surface area (Å²) in [6.07, 6.45) is -0.233. The van der Waals surface area contributed by atoms with Crippen molar-refractivity contribution in [1.82, 2.24) is 0 Å². The molecule has 0 bridgehead atoms. The molecule has 0 saturated carbocycles. The lowest BCUT2D eigenvalue weighted by molar-refractivity contribution is 0.407. The minimum atomic E-state index is -0.737. The third-order valence-electron chi connectivity index (χ3n) is 1.75. The molecule has 0 aliphatic carbocycles. The molecule has 64 valence electrons. The van der Waals surface area contributed by atoms with Crippen LogP contribution in [0.25, 0.3) is 0 Å². The Morgan fingerprint density at radius 1 is 1.42 bits per heavy atom. The van der Waals surface area contributed by atoms with Crippen LogP contribution in [-0.4, -0.2) is 6.61 Å². The van der Waals surface area contributed by atoms with E-state index in [1.165, 1.54) is 6.07 Å². The van der Waals surface area contributed by atoms with Crippen molar-refractivity contribution in [2.24, 2.45) is 0 Å². The molecule has 0 amide bonds. The van der Waals surface area contributed by atoms with Crippen molar-refractivity contribution < 1.29 is 13.5 Å². The maximum Gasteiger partial charge on any atom is 0.150 e. The predicted octanol–water partition coefficient (Wildman–Crippen LogP) is 2.69. The van der Waals surface area contributed by atoms with Crippen molar-refractivity contribution in [3.8, 4) is 0 Å². The second-order valence-electron chi connectivity index (χ2n) is 2.59. The molecule has 1 saturated heterocycles. The number of benzene rings is 1. The fourth-order valence-electron chi connectivity index (χ4n) is 1.02. The molecule has 0 aromatic heterocycles. The second kappa shape index (κ2) is 2.68. The van der Waals surface area contributed by atoms with Gasteiger partial charge in [-0.15, -0.1) is 0 Å². The molecular weight excluding hydrogens is 186 g/mol. The molecule has 1 atom stereocenters. The van der Waals surface area contributed by atoms with Gasteiger partial charge in [-0.1, -0.05) is 17.7 Å². The number of rotatable bonds is 1. The Bertz CT molecular complexity index is 323. The Labute approximate surface area is 72.9 Å². The summed E-state index contributed by atoms with van der Waals surface area (Å²) in [6.45, 7) is 0.485. The fourth-order valence-corrected chi connectivity index (χ4v) is 1.19. The Kier molecular flexibility index (Phi) is 1.77. The topological polar surface area (TPSA) is 12.5 Å². The summed E-state index contributed by atoms with van der Waals surface area (Å²) in [5.41, 5.74) is 0.335. The van der Waals surface area contributed by atoms with Gasteiger partial charge in [0.1, 0.15) is 16.9 Å². The highest BCUT2D eigenvalue weighted by Crippen LogP contribution is 2.34. The molecule has 1 fully saturated rings. The van der Waals surface area contributed by atoms with E-state index in [4.69, 9.17) is 16.3 Å². The fraction of sp³-hybridized carbons (Fsp3) is 0.250. The summed E-state index contributed by atoms with van der Waals surface area (Å²) in [5, 5.41) is -0.456. The zero-order valence-electron chi connectivity index (χ0n) is 5.98. The maximum absolute atomic E-state index is 13.1. The van der Waals surface area contributed by atoms with E-state index >= 15 is 0 Å². The quantitative estimate of drug-likeness (QED) is 0.490. The van der Waals surface area contributed by atoms with Gasteiger partial charge in [-0.2, -0.15) is 0 Å². The first-order valence-electron chi connectivity index (χ1n) is 3.45. The maximum atomic E-state index is 13.1. The largest absolute Gasteiger partial charge is 0.368 e. The molecule has 4 heteroatoms. The molecular formula is C8H5ClF2O. The Hall–Kier alpha value is -0.670. The normalized spacial score (nSPS) is 21.1. The smallest absolute Gasteiger partial charge is 0.150 e. The Morgan fingerprint density at radius 2 is 2.08 bits per heavy atom. The van der Waals surface area contributed by atoms with Crippen molar-refractivity contribution in [1.29, 1.82) is 0 Å². The van der Waals surface area contributed by atoms with E-state index in [0.29, 0.717) is 12.2 Å². The van der Waals surface area contributed by atoms with Gasteiger partial charge >= 0.3 is 0 Å². The highest BCUT2D eigenvalue weighted by atomic mass is 35.5. The first kappa shape index (κ1) is 7.95. The van der Waals surface area contributed by atoms with E-state index in [0.717, 1.165) is 6.07 Å². The van der Waals surface area contributed by atoms with Gasteiger partial charge in [-0.3, -0.25) is 0 Å². The Morgan fingerprint density at radius 3 is 2.67 bits per heavy atom. The van der Waals surface area contributed by atoms with E-state index in [1.54, 1.807) is 0 Å². The van der Waals surface area contributed by atoms with Crippen LogP contribution >= 0.6 is 11.6 Å². The van der Waals surface area contributed by atoms with Crippen LogP contribution in [0, 0.1) is 11.6 Å². The molecule has 1 aliphatic rings. The van der Waals surface area contributed by atoms with Gasteiger partial charge in [0, 0.05) is 5.56 Å². The van der Waals surface area contributed by atoms with Crippen molar-refractivity contribution in [2.75, 3.05) is 6.61 Å². The van der Waals surface area contributed by atoms with Crippen molar-refractivity contribution in [2.45, 2.75) is 6.10 Å². The molecule has 12 heavy (non-hydrogen) atoms. The van der Waals surface area contributed by atoms with E-state index in [9.17, 15) is 8.78 Å². The van der Waals surface area contributed by atoms with E-state index in [2.05, 4.69) is 0 Å². The van der Waals surface area contributed by atoms with Gasteiger partial charge in [0.2, 0.25) is 0 Å². The molecule has 0 unspecified atom stereocenters. The highest BCUT2D eigenvalue weighted by Gasteiger charge is 2.29. The summed E-state index contributed by atoms with van der Waals surface area (Å²) in [4.78, 5) is 0. The third-order valence-corrected chi connectivity index (χ3v) is 2.09. The second-order valence-corrected chi connectivity index (χ2v) is 2.96. The van der Waals surface area contributed by atoms with Crippen LogP contribution in [0.2, 0.25) is 5.02 Å². The van der Waals surface area contributed by atoms with Crippen LogP contribution in [0.3, 0.4) is 0 Å². The molecule has 0 N–H and O–H groups in total. The van der Waals surface area contributed by atoms with Gasteiger partial charge in [-0.25, -0.2) is 8.78 Å². The van der Waals surface area contributed by atoms with Gasteiger partial charge in [-0.05, 0) is 6.07 Å². The average molecular weight is 191 g/mol. The summed E-state index contributed by atoms with van der Waals surface area (Å²) in [5.74, 6) is -1.45. The number of epoxide rings is 1. The van der Waals surface area contributed by atoms with E-state index in [-0.39, 0.29) is 6.10 Å². The molecule has 1 nitrogen and oxygen atoms in total. The zero-order chi connectivity index (χ0) is 8.72. The summed E-state index contributed by atoms with van der Waals surface area (Å²) >= 11 is 5.35. The van der Waals surface area contributed by atoms with Crippen molar-refractivity contribution in [3.05, 3.63) is 34.4 Å². The number of halogens is 3. The standard InChI is InChI=1S/C8H5ClF2O/c9-7-5(10)2-1-4(8(7)11)6-3-12-6/h1-2,6H,3H2/t6-/m0/s1.